The van der Waals surface area contributed by atoms with Crippen LogP contribution in [0.2, 0.25) is 0 Å². The molecule has 0 amide bonds. The zero-order chi connectivity index (χ0) is 18.2. The zero-order valence-electron chi connectivity index (χ0n) is 13.1. The van der Waals surface area contributed by atoms with Crippen LogP contribution < -0.4 is 0 Å². The van der Waals surface area contributed by atoms with Crippen LogP contribution in [0, 0.1) is 5.41 Å². The quantitative estimate of drug-likeness (QED) is 0.347. The summed E-state index contributed by atoms with van der Waals surface area (Å²) in [7, 11) is 0. The molecule has 0 radical (unpaired) electrons. The van der Waals surface area contributed by atoms with Gasteiger partial charge in [0.25, 0.3) is 0 Å². The van der Waals surface area contributed by atoms with Crippen molar-refractivity contribution in [3.8, 4) is 0 Å². The summed E-state index contributed by atoms with van der Waals surface area (Å²) < 4.78 is 9.48. The van der Waals surface area contributed by atoms with Crippen molar-refractivity contribution in [3.63, 3.8) is 0 Å². The lowest BCUT2D eigenvalue weighted by Crippen LogP contribution is -2.41. The summed E-state index contributed by atoms with van der Waals surface area (Å²) in [6.07, 6.45) is -0.942. The van der Waals surface area contributed by atoms with Crippen LogP contribution in [0.1, 0.15) is 26.7 Å². The van der Waals surface area contributed by atoms with Gasteiger partial charge in [-0.15, -0.1) is 0 Å². The van der Waals surface area contributed by atoms with E-state index in [4.69, 9.17) is 9.47 Å². The second-order valence-corrected chi connectivity index (χ2v) is 5.02. The number of aliphatic carboxylic acids is 2. The summed E-state index contributed by atoms with van der Waals surface area (Å²) in [6, 6.07) is 0. The van der Waals surface area contributed by atoms with Crippen molar-refractivity contribution in [1.29, 1.82) is 0 Å². The second kappa shape index (κ2) is 8.72. The third kappa shape index (κ3) is 5.93. The Balaban J connectivity index is 4.90. The number of rotatable bonds is 10. The fourth-order valence-corrected chi connectivity index (χ4v) is 1.53. The molecule has 0 rings (SSSR count). The van der Waals surface area contributed by atoms with Gasteiger partial charge in [-0.2, -0.15) is 0 Å². The molecule has 0 spiro atoms. The van der Waals surface area contributed by atoms with E-state index in [9.17, 15) is 29.4 Å². The number of carboxylic acid groups (broad SMARTS) is 2. The Morgan fingerprint density at radius 2 is 1.13 bits per heavy atom. The number of carbonyl (C=O) groups is 4. The second-order valence-electron chi connectivity index (χ2n) is 5.02. The van der Waals surface area contributed by atoms with E-state index in [0.717, 1.165) is 0 Å². The number of hydrogen-bond donors (Lipinski definition) is 2. The van der Waals surface area contributed by atoms with Crippen molar-refractivity contribution in [1.82, 2.24) is 0 Å². The maximum Gasteiger partial charge on any atom is 0.333 e. The molecule has 128 valence electrons. The Morgan fingerprint density at radius 3 is 1.35 bits per heavy atom. The molecule has 2 N–H and O–H groups in total. The van der Waals surface area contributed by atoms with Gasteiger partial charge in [0.15, 0.2) is 5.41 Å². The topological polar surface area (TPSA) is 127 Å². The van der Waals surface area contributed by atoms with Gasteiger partial charge in [0.1, 0.15) is 0 Å². The first kappa shape index (κ1) is 20.4. The molecular weight excluding hydrogens is 308 g/mol. The molecule has 0 unspecified atom stereocenters. The van der Waals surface area contributed by atoms with Crippen LogP contribution >= 0.6 is 0 Å². The number of carboxylic acids is 2. The van der Waals surface area contributed by atoms with Crippen LogP contribution in [0.4, 0.5) is 0 Å². The van der Waals surface area contributed by atoms with E-state index in [1.807, 2.05) is 0 Å². The fourth-order valence-electron chi connectivity index (χ4n) is 1.53. The summed E-state index contributed by atoms with van der Waals surface area (Å²) in [5, 5.41) is 18.5. The Kier molecular flexibility index (Phi) is 7.72. The van der Waals surface area contributed by atoms with Gasteiger partial charge in [-0.25, -0.2) is 9.59 Å². The smallest absolute Gasteiger partial charge is 0.333 e. The molecule has 0 fully saturated rings. The van der Waals surface area contributed by atoms with Gasteiger partial charge in [-0.05, 0) is 13.8 Å². The first-order chi connectivity index (χ1) is 10.5. The number of carbonyl (C=O) groups excluding carboxylic acids is 2. The van der Waals surface area contributed by atoms with Crippen LogP contribution in [0.3, 0.4) is 0 Å². The van der Waals surface area contributed by atoms with Crippen molar-refractivity contribution in [3.05, 3.63) is 24.3 Å². The largest absolute Gasteiger partial charge is 0.480 e. The van der Waals surface area contributed by atoms with Gasteiger partial charge in [0, 0.05) is 24.0 Å². The summed E-state index contributed by atoms with van der Waals surface area (Å²) in [4.78, 5) is 45.3. The summed E-state index contributed by atoms with van der Waals surface area (Å²) in [5.74, 6) is -4.71. The molecule has 0 aliphatic carbocycles. The zero-order valence-corrected chi connectivity index (χ0v) is 13.1. The maximum atomic E-state index is 11.4. The first-order valence-corrected chi connectivity index (χ1v) is 6.66. The average molecular weight is 328 g/mol. The van der Waals surface area contributed by atoms with E-state index in [2.05, 4.69) is 13.2 Å². The van der Waals surface area contributed by atoms with Gasteiger partial charge in [-0.1, -0.05) is 13.2 Å². The molecule has 0 bridgehead atoms. The van der Waals surface area contributed by atoms with Gasteiger partial charge in [0.05, 0.1) is 13.2 Å². The lowest BCUT2D eigenvalue weighted by molar-refractivity contribution is -0.170. The minimum atomic E-state index is -2.23. The monoisotopic (exact) mass is 328 g/mol. The summed E-state index contributed by atoms with van der Waals surface area (Å²) >= 11 is 0. The molecule has 0 heterocycles. The van der Waals surface area contributed by atoms with Crippen molar-refractivity contribution in [2.45, 2.75) is 26.7 Å². The third-order valence-electron chi connectivity index (χ3n) is 3.04. The average Bonchev–Trinajstić information content (AvgIpc) is 2.44. The Hall–Kier alpha value is -2.64. The molecule has 8 heteroatoms. The van der Waals surface area contributed by atoms with E-state index < -0.39 is 55.3 Å². The van der Waals surface area contributed by atoms with E-state index >= 15 is 0 Å². The first-order valence-electron chi connectivity index (χ1n) is 6.66. The van der Waals surface area contributed by atoms with Crippen LogP contribution in [0.15, 0.2) is 24.3 Å². The molecule has 0 aromatic carbocycles. The highest BCUT2D eigenvalue weighted by molar-refractivity contribution is 5.98. The van der Waals surface area contributed by atoms with Crippen molar-refractivity contribution in [2.75, 3.05) is 13.2 Å². The lowest BCUT2D eigenvalue weighted by Gasteiger charge is -2.24. The van der Waals surface area contributed by atoms with E-state index in [1.165, 1.54) is 13.8 Å². The van der Waals surface area contributed by atoms with Crippen LogP contribution in [-0.4, -0.2) is 47.3 Å². The Morgan fingerprint density at radius 1 is 0.826 bits per heavy atom. The highest BCUT2D eigenvalue weighted by Gasteiger charge is 2.46. The van der Waals surface area contributed by atoms with Gasteiger partial charge in [-0.3, -0.25) is 9.59 Å². The molecular formula is C15H20O8. The van der Waals surface area contributed by atoms with Crippen LogP contribution in [-0.2, 0) is 28.7 Å². The van der Waals surface area contributed by atoms with Gasteiger partial charge < -0.3 is 19.7 Å². The number of hydrogen-bond acceptors (Lipinski definition) is 6. The highest BCUT2D eigenvalue weighted by atomic mass is 16.5. The fraction of sp³-hybridized carbons (Fsp3) is 0.467. The van der Waals surface area contributed by atoms with Crippen LogP contribution in [0.25, 0.3) is 0 Å². The number of esters is 2. The van der Waals surface area contributed by atoms with E-state index in [0.29, 0.717) is 0 Å². The summed E-state index contributed by atoms with van der Waals surface area (Å²) in [5.41, 5.74) is -2.02. The van der Waals surface area contributed by atoms with Crippen LogP contribution in [0.5, 0.6) is 0 Å². The minimum absolute atomic E-state index is 0.108. The van der Waals surface area contributed by atoms with Crippen molar-refractivity contribution in [2.24, 2.45) is 5.41 Å². The van der Waals surface area contributed by atoms with Gasteiger partial charge in [0.2, 0.25) is 0 Å². The Labute approximate surface area is 133 Å². The number of ether oxygens (including phenoxy) is 2. The summed E-state index contributed by atoms with van der Waals surface area (Å²) in [6.45, 7) is 8.68. The maximum absolute atomic E-state index is 11.4. The predicted molar refractivity (Wildman–Crippen MR) is 78.5 cm³/mol. The minimum Gasteiger partial charge on any atom is -0.480 e. The Bertz CT molecular complexity index is 484. The molecule has 23 heavy (non-hydrogen) atoms. The molecule has 0 aliphatic rings. The normalized spacial score (nSPS) is 10.5. The highest BCUT2D eigenvalue weighted by Crippen LogP contribution is 2.28. The molecule has 0 aromatic heterocycles. The molecule has 0 aliphatic heterocycles. The molecule has 0 atom stereocenters. The SMILES string of the molecule is C=C(C)C(=O)OCCC(CCOC(=O)C(=C)C)(C(=O)O)C(=O)O. The molecule has 0 saturated carbocycles. The van der Waals surface area contributed by atoms with Gasteiger partial charge >= 0.3 is 23.9 Å². The predicted octanol–water partition coefficient (Wildman–Crippen LogP) is 1.16. The third-order valence-corrected chi connectivity index (χ3v) is 3.04. The molecule has 0 aromatic rings. The van der Waals surface area contributed by atoms with E-state index in [1.54, 1.807) is 0 Å². The standard InChI is InChI=1S/C15H20O8/c1-9(2)11(16)22-7-5-15(13(18)19,14(20)21)6-8-23-12(17)10(3)4/h1,3,5-8H2,2,4H3,(H,18,19)(H,20,21). The van der Waals surface area contributed by atoms with Crippen molar-refractivity contribution >= 4 is 23.9 Å². The lowest BCUT2D eigenvalue weighted by atomic mass is 9.81. The molecule has 0 saturated heterocycles. The van der Waals surface area contributed by atoms with E-state index in [-0.39, 0.29) is 11.1 Å². The molecule has 8 nitrogen and oxygen atoms in total. The van der Waals surface area contributed by atoms with Crippen molar-refractivity contribution < 1.29 is 38.9 Å².